The first-order chi connectivity index (χ1) is 11.4. The number of ether oxygens (including phenoxy) is 2. The highest BCUT2D eigenvalue weighted by Crippen LogP contribution is 2.29. The minimum absolute atomic E-state index is 0.0852. The molecule has 2 N–H and O–H groups in total. The van der Waals surface area contributed by atoms with Gasteiger partial charge in [-0.1, -0.05) is 35.9 Å². The van der Waals surface area contributed by atoms with E-state index in [9.17, 15) is 5.11 Å². The number of aliphatic hydroxyl groups is 1. The van der Waals surface area contributed by atoms with Crippen molar-refractivity contribution < 1.29 is 14.6 Å². The first-order valence-electron chi connectivity index (χ1n) is 8.15. The van der Waals surface area contributed by atoms with E-state index in [1.807, 2.05) is 32.0 Å². The zero-order valence-corrected chi connectivity index (χ0v) is 14.9. The third-order valence-electron chi connectivity index (χ3n) is 3.91. The molecule has 4 heteroatoms. The second-order valence-corrected chi connectivity index (χ2v) is 6.66. The number of aliphatic hydroxyl groups excluding tert-OH is 1. The van der Waals surface area contributed by atoms with Crippen molar-refractivity contribution in [3.63, 3.8) is 0 Å². The van der Waals surface area contributed by atoms with Gasteiger partial charge in [-0.05, 0) is 44.0 Å². The lowest BCUT2D eigenvalue weighted by molar-refractivity contribution is 0.187. The molecule has 0 amide bonds. The zero-order chi connectivity index (χ0) is 17.6. The Hall–Kier alpha value is -2.04. The topological polar surface area (TPSA) is 50.7 Å². The van der Waals surface area contributed by atoms with Crippen molar-refractivity contribution in [2.75, 3.05) is 13.7 Å². The highest BCUT2D eigenvalue weighted by Gasteiger charge is 2.15. The van der Waals surface area contributed by atoms with Gasteiger partial charge in [-0.15, -0.1) is 0 Å². The molecule has 0 heterocycles. The summed E-state index contributed by atoms with van der Waals surface area (Å²) in [6.07, 6.45) is 0. The molecular formula is C20H27NO3. The number of benzene rings is 2. The van der Waals surface area contributed by atoms with Crippen molar-refractivity contribution in [3.05, 3.63) is 59.2 Å². The Labute approximate surface area is 144 Å². The number of nitrogens with one attached hydrogen (secondary N) is 1. The van der Waals surface area contributed by atoms with Gasteiger partial charge in [-0.25, -0.2) is 0 Å². The predicted octanol–water partition coefficient (Wildman–Crippen LogP) is 3.44. The summed E-state index contributed by atoms with van der Waals surface area (Å²) < 4.78 is 11.3. The lowest BCUT2D eigenvalue weighted by atomic mass is 10.1. The van der Waals surface area contributed by atoms with Gasteiger partial charge in [0.05, 0.1) is 13.7 Å². The Balaban J connectivity index is 2.01. The van der Waals surface area contributed by atoms with E-state index in [4.69, 9.17) is 9.47 Å². The zero-order valence-electron chi connectivity index (χ0n) is 14.9. The molecule has 2 aromatic rings. The molecule has 0 saturated heterocycles. The fourth-order valence-electron chi connectivity index (χ4n) is 2.18. The molecule has 2 rings (SSSR count). The summed E-state index contributed by atoms with van der Waals surface area (Å²) in [5.41, 5.74) is 3.13. The van der Waals surface area contributed by atoms with Crippen molar-refractivity contribution in [1.82, 2.24) is 5.32 Å². The van der Waals surface area contributed by atoms with Gasteiger partial charge in [-0.2, -0.15) is 0 Å². The number of hydrogen-bond acceptors (Lipinski definition) is 4. The smallest absolute Gasteiger partial charge is 0.161 e. The highest BCUT2D eigenvalue weighted by atomic mass is 16.5. The molecule has 0 aromatic heterocycles. The first kappa shape index (κ1) is 18.3. The van der Waals surface area contributed by atoms with Crippen LogP contribution in [0.5, 0.6) is 11.5 Å². The average molecular weight is 329 g/mol. The number of hydrogen-bond donors (Lipinski definition) is 2. The molecular weight excluding hydrogens is 302 g/mol. The van der Waals surface area contributed by atoms with Crippen LogP contribution in [0.1, 0.15) is 30.5 Å². The highest BCUT2D eigenvalue weighted by molar-refractivity contribution is 5.43. The second-order valence-electron chi connectivity index (χ2n) is 6.66. The molecule has 0 aliphatic carbocycles. The summed E-state index contributed by atoms with van der Waals surface area (Å²) >= 11 is 0. The number of aryl methyl sites for hydroxylation is 1. The molecule has 0 bridgehead atoms. The van der Waals surface area contributed by atoms with Crippen LogP contribution >= 0.6 is 0 Å². The molecule has 0 aliphatic heterocycles. The Morgan fingerprint density at radius 3 is 2.29 bits per heavy atom. The monoisotopic (exact) mass is 329 g/mol. The molecule has 130 valence electrons. The van der Waals surface area contributed by atoms with Crippen molar-refractivity contribution in [2.45, 2.75) is 39.5 Å². The van der Waals surface area contributed by atoms with Gasteiger partial charge in [0.1, 0.15) is 6.61 Å². The third-order valence-corrected chi connectivity index (χ3v) is 3.91. The van der Waals surface area contributed by atoms with Gasteiger partial charge in [0.2, 0.25) is 0 Å². The normalized spacial score (nSPS) is 11.4. The molecule has 0 radical (unpaired) electrons. The van der Waals surface area contributed by atoms with Crippen LogP contribution in [0, 0.1) is 6.92 Å². The summed E-state index contributed by atoms with van der Waals surface area (Å²) in [4.78, 5) is 0. The van der Waals surface area contributed by atoms with E-state index >= 15 is 0 Å². The fourth-order valence-corrected chi connectivity index (χ4v) is 2.18. The van der Waals surface area contributed by atoms with E-state index in [1.54, 1.807) is 7.11 Å². The van der Waals surface area contributed by atoms with Gasteiger partial charge >= 0.3 is 0 Å². The fraction of sp³-hybridized carbons (Fsp3) is 0.400. The Morgan fingerprint density at radius 1 is 1.00 bits per heavy atom. The quantitative estimate of drug-likeness (QED) is 0.779. The molecule has 0 spiro atoms. The molecule has 0 atom stereocenters. The van der Waals surface area contributed by atoms with Crippen LogP contribution < -0.4 is 14.8 Å². The van der Waals surface area contributed by atoms with Crippen molar-refractivity contribution in [3.8, 4) is 11.5 Å². The van der Waals surface area contributed by atoms with Crippen LogP contribution in [0.15, 0.2) is 42.5 Å². The molecule has 0 saturated carbocycles. The van der Waals surface area contributed by atoms with Gasteiger partial charge in [0.15, 0.2) is 11.5 Å². The van der Waals surface area contributed by atoms with E-state index in [2.05, 4.69) is 36.5 Å². The molecule has 4 nitrogen and oxygen atoms in total. The average Bonchev–Trinajstić information content (AvgIpc) is 2.60. The Bertz CT molecular complexity index is 650. The summed E-state index contributed by atoms with van der Waals surface area (Å²) in [5.74, 6) is 1.44. The lowest BCUT2D eigenvalue weighted by Gasteiger charge is -2.23. The van der Waals surface area contributed by atoms with E-state index < -0.39 is 0 Å². The van der Waals surface area contributed by atoms with Crippen LogP contribution in [-0.4, -0.2) is 24.4 Å². The van der Waals surface area contributed by atoms with Gasteiger partial charge < -0.3 is 19.9 Å². The summed E-state index contributed by atoms with van der Waals surface area (Å²) in [5, 5.41) is 12.6. The van der Waals surface area contributed by atoms with E-state index in [-0.39, 0.29) is 12.1 Å². The predicted molar refractivity (Wildman–Crippen MR) is 96.5 cm³/mol. The minimum atomic E-state index is -0.312. The molecule has 0 unspecified atom stereocenters. The van der Waals surface area contributed by atoms with Crippen LogP contribution in [-0.2, 0) is 13.2 Å². The second kappa shape index (κ2) is 8.18. The summed E-state index contributed by atoms with van der Waals surface area (Å²) in [6.45, 7) is 7.24. The molecule has 0 aliphatic rings. The van der Waals surface area contributed by atoms with Gasteiger partial charge in [0.25, 0.3) is 0 Å². The van der Waals surface area contributed by atoms with Crippen molar-refractivity contribution >= 4 is 0 Å². The van der Waals surface area contributed by atoms with E-state index in [1.165, 1.54) is 5.56 Å². The standard InChI is InChI=1S/C20H27NO3/c1-15-5-7-16(8-6-15)13-24-18-10-9-17(11-19(18)23-4)12-21-20(2,3)14-22/h5-11,21-22H,12-14H2,1-4H3. The van der Waals surface area contributed by atoms with Crippen LogP contribution in [0.2, 0.25) is 0 Å². The van der Waals surface area contributed by atoms with Crippen LogP contribution in [0.4, 0.5) is 0 Å². The maximum Gasteiger partial charge on any atom is 0.161 e. The number of rotatable bonds is 8. The van der Waals surface area contributed by atoms with Crippen molar-refractivity contribution in [2.24, 2.45) is 0 Å². The van der Waals surface area contributed by atoms with Crippen molar-refractivity contribution in [1.29, 1.82) is 0 Å². The third kappa shape index (κ3) is 5.25. The maximum atomic E-state index is 9.31. The largest absolute Gasteiger partial charge is 0.493 e. The minimum Gasteiger partial charge on any atom is -0.493 e. The Morgan fingerprint density at radius 2 is 1.67 bits per heavy atom. The lowest BCUT2D eigenvalue weighted by Crippen LogP contribution is -2.42. The van der Waals surface area contributed by atoms with E-state index in [0.29, 0.717) is 18.9 Å². The first-order valence-corrected chi connectivity index (χ1v) is 8.15. The summed E-state index contributed by atoms with van der Waals surface area (Å²) in [6, 6.07) is 14.2. The number of methoxy groups -OCH3 is 1. The Kier molecular flexibility index (Phi) is 6.23. The molecule has 0 fully saturated rings. The molecule has 24 heavy (non-hydrogen) atoms. The van der Waals surface area contributed by atoms with Gasteiger partial charge in [-0.3, -0.25) is 0 Å². The molecule has 2 aromatic carbocycles. The van der Waals surface area contributed by atoms with E-state index in [0.717, 1.165) is 16.9 Å². The van der Waals surface area contributed by atoms with Crippen LogP contribution in [0.25, 0.3) is 0 Å². The maximum absolute atomic E-state index is 9.31. The summed E-state index contributed by atoms with van der Waals surface area (Å²) in [7, 11) is 1.64. The SMILES string of the molecule is COc1cc(CNC(C)(C)CO)ccc1OCc1ccc(C)cc1. The van der Waals surface area contributed by atoms with Gasteiger partial charge in [0, 0.05) is 12.1 Å². The van der Waals surface area contributed by atoms with Crippen LogP contribution in [0.3, 0.4) is 0 Å².